The van der Waals surface area contributed by atoms with Crippen LogP contribution >= 0.6 is 0 Å². The molecule has 8 nitrogen and oxygen atoms in total. The Labute approximate surface area is 154 Å². The van der Waals surface area contributed by atoms with Gasteiger partial charge in [0, 0.05) is 28.9 Å². The lowest BCUT2D eigenvalue weighted by atomic mass is 9.71. The lowest BCUT2D eigenvalue weighted by Gasteiger charge is -2.47. The summed E-state index contributed by atoms with van der Waals surface area (Å²) in [5, 5.41) is 4.19. The average Bonchev–Trinajstić information content (AvgIpc) is 3.30. The zero-order chi connectivity index (χ0) is 18.8. The van der Waals surface area contributed by atoms with Gasteiger partial charge in [0.1, 0.15) is 6.10 Å². The first kappa shape index (κ1) is 16.3. The molecule has 0 bridgehead atoms. The van der Waals surface area contributed by atoms with Gasteiger partial charge < -0.3 is 25.5 Å². The van der Waals surface area contributed by atoms with Gasteiger partial charge in [-0.05, 0) is 49.6 Å². The average molecular weight is 369 g/mol. The van der Waals surface area contributed by atoms with Crippen molar-refractivity contribution in [2.75, 3.05) is 13.1 Å². The topological polar surface area (TPSA) is 124 Å². The number of hydrogen-bond donors (Lipinski definition) is 3. The van der Waals surface area contributed by atoms with Crippen molar-refractivity contribution >= 4 is 28.7 Å². The molecule has 2 aromatic rings. The van der Waals surface area contributed by atoms with E-state index in [2.05, 4.69) is 10.3 Å². The Hall–Kier alpha value is -2.87. The largest absolute Gasteiger partial charge is 0.449 e. The summed E-state index contributed by atoms with van der Waals surface area (Å²) in [5.41, 5.74) is 7.42. The maximum Gasteiger partial charge on any atom is 0.418 e. The third-order valence-electron chi connectivity index (χ3n) is 6.06. The second-order valence-corrected chi connectivity index (χ2v) is 7.41. The van der Waals surface area contributed by atoms with Crippen molar-refractivity contribution in [3.8, 4) is 0 Å². The Kier molecular flexibility index (Phi) is 3.36. The summed E-state index contributed by atoms with van der Waals surface area (Å²) in [5.74, 6) is -2.39. The van der Waals surface area contributed by atoms with Crippen LogP contribution in [0.1, 0.15) is 34.5 Å². The van der Waals surface area contributed by atoms with Crippen LogP contribution in [0, 0.1) is 5.92 Å². The minimum atomic E-state index is -1.03. The van der Waals surface area contributed by atoms with Crippen molar-refractivity contribution in [3.63, 3.8) is 0 Å². The fraction of sp³-hybridized carbons (Fsp3) is 0.421. The van der Waals surface area contributed by atoms with Crippen LogP contribution in [-0.4, -0.2) is 42.0 Å². The van der Waals surface area contributed by atoms with E-state index in [-0.39, 0.29) is 5.92 Å². The lowest BCUT2D eigenvalue weighted by molar-refractivity contribution is -0.230. The third-order valence-corrected chi connectivity index (χ3v) is 6.06. The maximum atomic E-state index is 12.2. The molecule has 1 aromatic carbocycles. The minimum Gasteiger partial charge on any atom is -0.449 e. The summed E-state index contributed by atoms with van der Waals surface area (Å²) in [6, 6.07) is 5.24. The zero-order valence-electron chi connectivity index (χ0n) is 14.5. The molecule has 1 aliphatic carbocycles. The fourth-order valence-corrected chi connectivity index (χ4v) is 4.85. The summed E-state index contributed by atoms with van der Waals surface area (Å²) >= 11 is 0. The van der Waals surface area contributed by atoms with Gasteiger partial charge in [-0.2, -0.15) is 0 Å². The number of carbonyl (C=O) groups is 3. The number of amides is 1. The van der Waals surface area contributed by atoms with Gasteiger partial charge >= 0.3 is 11.9 Å². The number of nitrogens with one attached hydrogen (secondary N) is 2. The predicted octanol–water partition coefficient (Wildman–Crippen LogP) is 0.486. The molecule has 0 radical (unpaired) electrons. The van der Waals surface area contributed by atoms with E-state index >= 15 is 0 Å². The lowest BCUT2D eigenvalue weighted by Crippen LogP contribution is -2.59. The summed E-state index contributed by atoms with van der Waals surface area (Å²) in [6.45, 7) is 1.48. The van der Waals surface area contributed by atoms with Gasteiger partial charge in [0.15, 0.2) is 5.60 Å². The molecule has 0 spiro atoms. The van der Waals surface area contributed by atoms with Crippen molar-refractivity contribution in [1.29, 1.82) is 0 Å². The molecule has 1 amide bonds. The summed E-state index contributed by atoms with van der Waals surface area (Å²) in [4.78, 5) is 39.0. The molecule has 3 heterocycles. The number of fused-ring (bicyclic) bond motifs is 5. The number of nitrogens with two attached hydrogens (primary N) is 1. The van der Waals surface area contributed by atoms with E-state index in [1.807, 2.05) is 0 Å². The van der Waals surface area contributed by atoms with Crippen molar-refractivity contribution in [1.82, 2.24) is 10.3 Å². The van der Waals surface area contributed by atoms with Crippen molar-refractivity contribution in [2.24, 2.45) is 11.7 Å². The first-order chi connectivity index (χ1) is 13.0. The number of aryl methyl sites for hydroxylation is 1. The Balaban J connectivity index is 1.74. The standard InChI is InChI=1S/C19H19N3O5/c20-16(23)9-1-3-13-12(7-9)11-2-4-14-19(15(11)22-13,10-5-6-21-8-10)27-18(25)17(24)26-14/h1,3,7,10,14,21-22H,2,4-6,8H2,(H2,20,23). The summed E-state index contributed by atoms with van der Waals surface area (Å²) < 4.78 is 11.3. The van der Waals surface area contributed by atoms with E-state index in [0.717, 1.165) is 35.1 Å². The van der Waals surface area contributed by atoms with Crippen molar-refractivity contribution in [3.05, 3.63) is 35.0 Å². The van der Waals surface area contributed by atoms with Crippen LogP contribution in [0.3, 0.4) is 0 Å². The molecule has 1 aromatic heterocycles. The molecule has 0 saturated carbocycles. The molecule has 27 heavy (non-hydrogen) atoms. The number of benzene rings is 1. The highest BCUT2D eigenvalue weighted by atomic mass is 16.7. The fourth-order valence-electron chi connectivity index (χ4n) is 4.85. The van der Waals surface area contributed by atoms with Crippen LogP contribution in [-0.2, 0) is 31.1 Å². The Morgan fingerprint density at radius 1 is 1.22 bits per heavy atom. The number of hydrogen-bond acceptors (Lipinski definition) is 6. The SMILES string of the molecule is NC(=O)c1ccc2[nH]c3c(c2c1)CCC1OC(=O)C(=O)OC31C1CCNC1. The minimum absolute atomic E-state index is 0.0118. The van der Waals surface area contributed by atoms with Crippen LogP contribution in [0.4, 0.5) is 0 Å². The number of H-pyrrole nitrogens is 1. The first-order valence-electron chi connectivity index (χ1n) is 9.10. The van der Waals surface area contributed by atoms with Gasteiger partial charge in [-0.3, -0.25) is 4.79 Å². The molecule has 3 atom stereocenters. The van der Waals surface area contributed by atoms with Crippen LogP contribution in [0.15, 0.2) is 18.2 Å². The molecule has 4 N–H and O–H groups in total. The number of carbonyl (C=O) groups excluding carboxylic acids is 3. The molecule has 2 aliphatic heterocycles. The Morgan fingerprint density at radius 3 is 2.81 bits per heavy atom. The van der Waals surface area contributed by atoms with E-state index in [1.54, 1.807) is 18.2 Å². The summed E-state index contributed by atoms with van der Waals surface area (Å²) in [6.07, 6.45) is 1.48. The second-order valence-electron chi connectivity index (χ2n) is 7.41. The monoisotopic (exact) mass is 369 g/mol. The summed E-state index contributed by atoms with van der Waals surface area (Å²) in [7, 11) is 0. The molecule has 5 rings (SSSR count). The highest BCUT2D eigenvalue weighted by Crippen LogP contribution is 2.50. The van der Waals surface area contributed by atoms with Gasteiger partial charge in [0.25, 0.3) is 0 Å². The number of primary amides is 1. The molecular formula is C19H19N3O5. The molecule has 3 unspecified atom stereocenters. The third kappa shape index (κ3) is 2.16. The maximum absolute atomic E-state index is 12.2. The highest BCUT2D eigenvalue weighted by Gasteiger charge is 2.60. The van der Waals surface area contributed by atoms with E-state index in [0.29, 0.717) is 24.9 Å². The van der Waals surface area contributed by atoms with Gasteiger partial charge in [0.05, 0.1) is 5.69 Å². The molecule has 140 valence electrons. The van der Waals surface area contributed by atoms with Crippen LogP contribution in [0.25, 0.3) is 10.9 Å². The van der Waals surface area contributed by atoms with Gasteiger partial charge in [-0.1, -0.05) is 0 Å². The Morgan fingerprint density at radius 2 is 2.07 bits per heavy atom. The molecular weight excluding hydrogens is 350 g/mol. The number of aromatic nitrogens is 1. The van der Waals surface area contributed by atoms with E-state index in [9.17, 15) is 14.4 Å². The van der Waals surface area contributed by atoms with E-state index in [4.69, 9.17) is 15.2 Å². The molecule has 3 aliphatic rings. The molecule has 2 saturated heterocycles. The number of rotatable bonds is 2. The van der Waals surface area contributed by atoms with Gasteiger partial charge in [0.2, 0.25) is 5.91 Å². The van der Waals surface area contributed by atoms with Crippen LogP contribution in [0.5, 0.6) is 0 Å². The van der Waals surface area contributed by atoms with Gasteiger partial charge in [-0.15, -0.1) is 0 Å². The normalized spacial score (nSPS) is 29.8. The van der Waals surface area contributed by atoms with E-state index in [1.165, 1.54) is 0 Å². The van der Waals surface area contributed by atoms with Crippen molar-refractivity contribution in [2.45, 2.75) is 31.0 Å². The van der Waals surface area contributed by atoms with Crippen LogP contribution < -0.4 is 11.1 Å². The zero-order valence-corrected chi connectivity index (χ0v) is 14.5. The molecule has 2 fully saturated rings. The quantitative estimate of drug-likeness (QED) is 0.523. The highest BCUT2D eigenvalue weighted by molar-refractivity contribution is 6.30. The van der Waals surface area contributed by atoms with Gasteiger partial charge in [-0.25, -0.2) is 9.59 Å². The second kappa shape index (κ2) is 5.56. The number of aromatic amines is 1. The number of ether oxygens (including phenoxy) is 2. The van der Waals surface area contributed by atoms with E-state index < -0.39 is 29.6 Å². The van der Waals surface area contributed by atoms with Crippen LogP contribution in [0.2, 0.25) is 0 Å². The first-order valence-corrected chi connectivity index (χ1v) is 9.10. The van der Waals surface area contributed by atoms with Crippen molar-refractivity contribution < 1.29 is 23.9 Å². The smallest absolute Gasteiger partial charge is 0.418 e. The predicted molar refractivity (Wildman–Crippen MR) is 93.8 cm³/mol. The Bertz CT molecular complexity index is 991. The number of esters is 2. The molecule has 8 heteroatoms.